The van der Waals surface area contributed by atoms with Crippen LogP contribution in [0, 0.1) is 5.92 Å². The van der Waals surface area contributed by atoms with Crippen molar-refractivity contribution in [1.29, 1.82) is 0 Å². The Kier molecular flexibility index (Phi) is 4.77. The van der Waals surface area contributed by atoms with Crippen molar-refractivity contribution in [2.75, 3.05) is 20.2 Å². The number of nitrogens with one attached hydrogen (secondary N) is 2. The quantitative estimate of drug-likeness (QED) is 0.883. The van der Waals surface area contributed by atoms with Crippen molar-refractivity contribution in [3.63, 3.8) is 0 Å². The molecule has 0 radical (unpaired) electrons. The molecule has 1 amide bonds. The fourth-order valence-electron chi connectivity index (χ4n) is 3.69. The van der Waals surface area contributed by atoms with Crippen LogP contribution in [0.25, 0.3) is 6.08 Å². The van der Waals surface area contributed by atoms with Crippen LogP contribution in [0.4, 0.5) is 0 Å². The van der Waals surface area contributed by atoms with Gasteiger partial charge in [0.2, 0.25) is 0 Å². The molecule has 136 valence electrons. The van der Waals surface area contributed by atoms with Crippen LogP contribution in [-0.4, -0.2) is 43.1 Å². The zero-order chi connectivity index (χ0) is 17.9. The predicted molar refractivity (Wildman–Crippen MR) is 98.6 cm³/mol. The first-order valence-corrected chi connectivity index (χ1v) is 8.92. The maximum absolute atomic E-state index is 12.7. The Hall–Kier alpha value is -2.57. The van der Waals surface area contributed by atoms with Crippen LogP contribution in [0.2, 0.25) is 0 Å². The van der Waals surface area contributed by atoms with Crippen LogP contribution in [0.1, 0.15) is 22.5 Å². The van der Waals surface area contributed by atoms with Gasteiger partial charge in [-0.05, 0) is 18.1 Å². The second-order valence-corrected chi connectivity index (χ2v) is 6.72. The average Bonchev–Trinajstić information content (AvgIpc) is 3.33. The number of nitrogens with zero attached hydrogens (tertiary/aromatic N) is 1. The lowest BCUT2D eigenvalue weighted by atomic mass is 9.88. The number of rotatable bonds is 4. The van der Waals surface area contributed by atoms with E-state index in [0.717, 1.165) is 6.42 Å². The van der Waals surface area contributed by atoms with Crippen LogP contribution in [-0.2, 0) is 0 Å². The summed E-state index contributed by atoms with van der Waals surface area (Å²) >= 11 is 0. The molecule has 3 heterocycles. The molecule has 1 aromatic heterocycles. The molecule has 2 aliphatic rings. The second-order valence-electron chi connectivity index (χ2n) is 6.72. The fourth-order valence-corrected chi connectivity index (χ4v) is 3.69. The third kappa shape index (κ3) is 3.38. The molecular formula is C20H23N3O3. The van der Waals surface area contributed by atoms with Gasteiger partial charge < -0.3 is 14.1 Å². The molecule has 1 aromatic carbocycles. The van der Waals surface area contributed by atoms with Crippen molar-refractivity contribution in [3.05, 3.63) is 59.9 Å². The minimum Gasteiger partial charge on any atom is -0.468 e. The minimum absolute atomic E-state index is 0.0792. The molecule has 0 saturated carbocycles. The molecule has 6 nitrogen and oxygen atoms in total. The summed E-state index contributed by atoms with van der Waals surface area (Å²) in [6, 6.07) is 14.1. The van der Waals surface area contributed by atoms with Crippen molar-refractivity contribution in [2.24, 2.45) is 5.92 Å². The van der Waals surface area contributed by atoms with Gasteiger partial charge in [-0.3, -0.25) is 15.6 Å². The molecule has 2 saturated heterocycles. The van der Waals surface area contributed by atoms with E-state index in [-0.39, 0.29) is 11.9 Å². The molecule has 2 aromatic rings. The summed E-state index contributed by atoms with van der Waals surface area (Å²) in [5, 5.41) is 0. The minimum atomic E-state index is -0.0792. The first kappa shape index (κ1) is 16.9. The van der Waals surface area contributed by atoms with E-state index >= 15 is 0 Å². The lowest BCUT2D eigenvalue weighted by Crippen LogP contribution is -2.48. The molecule has 26 heavy (non-hydrogen) atoms. The smallest absolute Gasteiger partial charge is 0.289 e. The maximum Gasteiger partial charge on any atom is 0.289 e. The topological polar surface area (TPSA) is 66.7 Å². The molecule has 3 atom stereocenters. The van der Waals surface area contributed by atoms with E-state index in [4.69, 9.17) is 9.15 Å². The number of carbonyl (C=O) groups is 1. The highest BCUT2D eigenvalue weighted by Gasteiger charge is 2.40. The van der Waals surface area contributed by atoms with Gasteiger partial charge in [-0.25, -0.2) is 0 Å². The number of fused-ring (bicyclic) bond motifs is 1. The number of hydrazine groups is 1. The summed E-state index contributed by atoms with van der Waals surface area (Å²) in [6.45, 7) is 1.41. The number of benzene rings is 1. The standard InChI is InChI=1S/C20H23N3O3/c1-25-19-10-9-18(26-19)20(24)23-12-11-17-15(13-23)16(21-22-17)8-7-14-5-3-2-4-6-14/h2-10,15-17,21-22H,11-13H2,1H3/b8-7+. The van der Waals surface area contributed by atoms with E-state index < -0.39 is 0 Å². The summed E-state index contributed by atoms with van der Waals surface area (Å²) in [6.07, 6.45) is 5.22. The summed E-state index contributed by atoms with van der Waals surface area (Å²) < 4.78 is 10.5. The monoisotopic (exact) mass is 353 g/mol. The Bertz CT molecular complexity index is 787. The number of hydrogen-bond acceptors (Lipinski definition) is 5. The zero-order valence-electron chi connectivity index (χ0n) is 14.7. The van der Waals surface area contributed by atoms with Crippen molar-refractivity contribution >= 4 is 12.0 Å². The molecule has 0 spiro atoms. The third-order valence-corrected chi connectivity index (χ3v) is 5.13. The molecule has 2 N–H and O–H groups in total. The fraction of sp³-hybridized carbons (Fsp3) is 0.350. The highest BCUT2D eigenvalue weighted by Crippen LogP contribution is 2.27. The second kappa shape index (κ2) is 7.35. The van der Waals surface area contributed by atoms with E-state index in [1.54, 1.807) is 12.1 Å². The number of ether oxygens (including phenoxy) is 1. The Morgan fingerprint density at radius 2 is 2.08 bits per heavy atom. The van der Waals surface area contributed by atoms with Crippen LogP contribution < -0.4 is 15.6 Å². The molecule has 0 aliphatic carbocycles. The summed E-state index contributed by atoms with van der Waals surface area (Å²) in [4.78, 5) is 14.6. The van der Waals surface area contributed by atoms with Gasteiger partial charge >= 0.3 is 0 Å². The normalized spacial score (nSPS) is 25.4. The number of methoxy groups -OCH3 is 1. The average molecular weight is 353 g/mol. The van der Waals surface area contributed by atoms with Crippen molar-refractivity contribution in [3.8, 4) is 5.95 Å². The van der Waals surface area contributed by atoms with Crippen LogP contribution >= 0.6 is 0 Å². The van der Waals surface area contributed by atoms with Crippen LogP contribution in [0.3, 0.4) is 0 Å². The predicted octanol–water partition coefficient (Wildman–Crippen LogP) is 2.31. The molecule has 0 bridgehead atoms. The Labute approximate surface area is 152 Å². The lowest BCUT2D eigenvalue weighted by molar-refractivity contribution is 0.0622. The van der Waals surface area contributed by atoms with E-state index in [1.165, 1.54) is 12.7 Å². The lowest BCUT2D eigenvalue weighted by Gasteiger charge is -2.35. The van der Waals surface area contributed by atoms with Gasteiger partial charge in [0, 0.05) is 37.2 Å². The first-order chi connectivity index (χ1) is 12.7. The van der Waals surface area contributed by atoms with Gasteiger partial charge in [0.25, 0.3) is 11.9 Å². The SMILES string of the molecule is COc1ccc(C(=O)N2CCC3NNC(/C=C/c4ccccc4)C3C2)o1. The van der Waals surface area contributed by atoms with Gasteiger partial charge in [-0.2, -0.15) is 0 Å². The zero-order valence-corrected chi connectivity index (χ0v) is 14.7. The maximum atomic E-state index is 12.7. The highest BCUT2D eigenvalue weighted by molar-refractivity contribution is 5.91. The third-order valence-electron chi connectivity index (χ3n) is 5.13. The van der Waals surface area contributed by atoms with Gasteiger partial charge in [-0.15, -0.1) is 0 Å². The van der Waals surface area contributed by atoms with Gasteiger partial charge in [0.05, 0.1) is 7.11 Å². The molecule has 3 unspecified atom stereocenters. The van der Waals surface area contributed by atoms with Crippen molar-refractivity contribution in [2.45, 2.75) is 18.5 Å². The molecule has 6 heteroatoms. The number of furan rings is 1. The molecular weight excluding hydrogens is 330 g/mol. The summed E-state index contributed by atoms with van der Waals surface area (Å²) in [5.74, 6) is 0.931. The van der Waals surface area contributed by atoms with Gasteiger partial charge in [0.15, 0.2) is 5.76 Å². The Morgan fingerprint density at radius 1 is 1.23 bits per heavy atom. The number of hydrogen-bond donors (Lipinski definition) is 2. The van der Waals surface area contributed by atoms with Gasteiger partial charge in [-0.1, -0.05) is 42.5 Å². The number of amides is 1. The number of carbonyl (C=O) groups excluding carboxylic acids is 1. The Balaban J connectivity index is 1.44. The Morgan fingerprint density at radius 3 is 2.85 bits per heavy atom. The number of likely N-dealkylation sites (tertiary alicyclic amines) is 1. The van der Waals surface area contributed by atoms with E-state index in [1.807, 2.05) is 23.1 Å². The summed E-state index contributed by atoms with van der Waals surface area (Å²) in [5.41, 5.74) is 7.91. The van der Waals surface area contributed by atoms with Crippen LogP contribution in [0.5, 0.6) is 5.95 Å². The summed E-state index contributed by atoms with van der Waals surface area (Å²) in [7, 11) is 1.53. The van der Waals surface area contributed by atoms with E-state index in [9.17, 15) is 4.79 Å². The van der Waals surface area contributed by atoms with E-state index in [2.05, 4.69) is 35.1 Å². The van der Waals surface area contributed by atoms with Crippen molar-refractivity contribution in [1.82, 2.24) is 15.8 Å². The van der Waals surface area contributed by atoms with Crippen molar-refractivity contribution < 1.29 is 13.9 Å². The molecule has 4 rings (SSSR count). The molecule has 2 aliphatic heterocycles. The largest absolute Gasteiger partial charge is 0.468 e. The van der Waals surface area contributed by atoms with Gasteiger partial charge in [0.1, 0.15) is 0 Å². The highest BCUT2D eigenvalue weighted by atomic mass is 16.6. The first-order valence-electron chi connectivity index (χ1n) is 8.92. The molecule has 2 fully saturated rings. The van der Waals surface area contributed by atoms with E-state index in [0.29, 0.717) is 36.8 Å². The van der Waals surface area contributed by atoms with Crippen LogP contribution in [0.15, 0.2) is 53.0 Å². The number of piperidine rings is 1.